The van der Waals surface area contributed by atoms with Crippen LogP contribution < -0.4 is 0 Å². The minimum Gasteiger partial charge on any atom is -0.507 e. The van der Waals surface area contributed by atoms with Crippen molar-refractivity contribution in [1.29, 1.82) is 0 Å². The highest BCUT2D eigenvalue weighted by Crippen LogP contribution is 2.29. The third kappa shape index (κ3) is 3.08. The van der Waals surface area contributed by atoms with E-state index in [2.05, 4.69) is 4.99 Å². The molecule has 0 radical (unpaired) electrons. The smallest absolute Gasteiger partial charge is 0.271 e. The van der Waals surface area contributed by atoms with Crippen molar-refractivity contribution >= 4 is 29.2 Å². The topological polar surface area (TPSA) is 75.7 Å². The Morgan fingerprint density at radius 2 is 2.00 bits per heavy atom. The summed E-state index contributed by atoms with van der Waals surface area (Å²) in [5.74, 6) is 0.0767. The lowest BCUT2D eigenvalue weighted by Gasteiger charge is -1.99. The van der Waals surface area contributed by atoms with Gasteiger partial charge in [-0.2, -0.15) is 0 Å². The molecule has 0 saturated carbocycles. The van der Waals surface area contributed by atoms with Crippen molar-refractivity contribution < 1.29 is 10.0 Å². The van der Waals surface area contributed by atoms with Crippen molar-refractivity contribution in [3.63, 3.8) is 0 Å². The van der Waals surface area contributed by atoms with Crippen molar-refractivity contribution in [2.45, 2.75) is 0 Å². The molecule has 0 aliphatic carbocycles. The maximum Gasteiger partial charge on any atom is 0.271 e. The van der Waals surface area contributed by atoms with Crippen molar-refractivity contribution in [2.75, 3.05) is 0 Å². The van der Waals surface area contributed by atoms with E-state index < -0.39 is 4.92 Å². The van der Waals surface area contributed by atoms with Crippen LogP contribution in [0.4, 0.5) is 11.4 Å². The van der Waals surface area contributed by atoms with E-state index in [9.17, 15) is 15.2 Å². The maximum absolute atomic E-state index is 10.7. The second kappa shape index (κ2) is 5.49. The van der Waals surface area contributed by atoms with Gasteiger partial charge < -0.3 is 5.11 Å². The molecule has 0 aromatic heterocycles. The van der Waals surface area contributed by atoms with Gasteiger partial charge in [0.1, 0.15) is 5.75 Å². The third-order valence-corrected chi connectivity index (χ3v) is 2.74. The zero-order valence-corrected chi connectivity index (χ0v) is 10.4. The number of nitro benzene ring substituents is 1. The highest BCUT2D eigenvalue weighted by molar-refractivity contribution is 6.33. The summed E-state index contributed by atoms with van der Waals surface area (Å²) in [6.45, 7) is 0. The normalized spacial score (nSPS) is 10.8. The van der Waals surface area contributed by atoms with Crippen LogP contribution in [0.3, 0.4) is 0 Å². The predicted octanol–water partition coefficient (Wildman–Crippen LogP) is 3.70. The van der Waals surface area contributed by atoms with Crippen molar-refractivity contribution in [2.24, 2.45) is 4.99 Å². The van der Waals surface area contributed by atoms with Crippen molar-refractivity contribution in [3.05, 3.63) is 63.2 Å². The second-order valence-corrected chi connectivity index (χ2v) is 4.12. The minimum absolute atomic E-state index is 0.0767. The number of nitro groups is 1. The molecule has 0 aliphatic heterocycles. The van der Waals surface area contributed by atoms with Crippen LogP contribution in [0, 0.1) is 10.1 Å². The van der Waals surface area contributed by atoms with Crippen LogP contribution in [-0.2, 0) is 0 Å². The van der Waals surface area contributed by atoms with Gasteiger partial charge in [-0.15, -0.1) is 0 Å². The number of phenols is 1. The molecule has 0 spiro atoms. The van der Waals surface area contributed by atoms with Crippen LogP contribution in [0.25, 0.3) is 0 Å². The fourth-order valence-electron chi connectivity index (χ4n) is 1.45. The maximum atomic E-state index is 10.7. The monoisotopic (exact) mass is 276 g/mol. The number of aromatic hydroxyl groups is 1. The highest BCUT2D eigenvalue weighted by Gasteiger charge is 2.08. The van der Waals surface area contributed by atoms with Crippen molar-refractivity contribution in [3.8, 4) is 5.75 Å². The second-order valence-electron chi connectivity index (χ2n) is 3.71. The minimum atomic E-state index is -0.519. The lowest BCUT2D eigenvalue weighted by Crippen LogP contribution is -1.87. The summed E-state index contributed by atoms with van der Waals surface area (Å²) in [6, 6.07) is 10.6. The summed E-state index contributed by atoms with van der Waals surface area (Å²) < 4.78 is 0. The number of phenolic OH excluding ortho intramolecular Hbond substituents is 1. The Kier molecular flexibility index (Phi) is 3.77. The molecule has 0 bridgehead atoms. The van der Waals surface area contributed by atoms with E-state index in [0.717, 1.165) is 0 Å². The summed E-state index contributed by atoms with van der Waals surface area (Å²) in [7, 11) is 0. The Morgan fingerprint density at radius 3 is 2.68 bits per heavy atom. The molecule has 96 valence electrons. The Balaban J connectivity index is 2.35. The van der Waals surface area contributed by atoms with Gasteiger partial charge in [0.15, 0.2) is 0 Å². The fourth-order valence-corrected chi connectivity index (χ4v) is 1.62. The molecule has 0 amide bonds. The average molecular weight is 277 g/mol. The summed E-state index contributed by atoms with van der Waals surface area (Å²) in [5.41, 5.74) is 0.693. The molecule has 0 fully saturated rings. The number of benzene rings is 2. The molecule has 0 atom stereocenters. The molecule has 2 aromatic rings. The largest absolute Gasteiger partial charge is 0.507 e. The Hall–Kier alpha value is -2.40. The van der Waals surface area contributed by atoms with E-state index in [1.165, 1.54) is 30.5 Å². The molecule has 1 N–H and O–H groups in total. The molecule has 0 saturated heterocycles. The van der Waals surface area contributed by atoms with Gasteiger partial charge in [-0.3, -0.25) is 15.1 Å². The fraction of sp³-hybridized carbons (Fsp3) is 0. The summed E-state index contributed by atoms with van der Waals surface area (Å²) >= 11 is 5.91. The predicted molar refractivity (Wildman–Crippen MR) is 73.5 cm³/mol. The lowest BCUT2D eigenvalue weighted by molar-refractivity contribution is -0.384. The number of halogens is 1. The number of non-ortho nitro benzene ring substituents is 1. The molecule has 19 heavy (non-hydrogen) atoms. The zero-order valence-electron chi connectivity index (χ0n) is 9.65. The van der Waals surface area contributed by atoms with Gasteiger partial charge in [-0.1, -0.05) is 23.7 Å². The first kappa shape index (κ1) is 13.0. The molecular weight excluding hydrogens is 268 g/mol. The van der Waals surface area contributed by atoms with Crippen LogP contribution >= 0.6 is 11.6 Å². The van der Waals surface area contributed by atoms with Gasteiger partial charge >= 0.3 is 0 Å². The van der Waals surface area contributed by atoms with Gasteiger partial charge in [0, 0.05) is 23.9 Å². The quantitative estimate of drug-likeness (QED) is 0.527. The molecule has 0 heterocycles. The van der Waals surface area contributed by atoms with Gasteiger partial charge in [0.25, 0.3) is 5.69 Å². The van der Waals surface area contributed by atoms with Crippen LogP contribution in [0.15, 0.2) is 47.5 Å². The van der Waals surface area contributed by atoms with Crippen LogP contribution in [0.2, 0.25) is 5.02 Å². The number of rotatable bonds is 3. The standard InChI is InChI=1S/C13H9ClN2O3/c14-11-6-5-10(16(18)19)7-12(11)15-8-9-3-1-2-4-13(9)17/h1-8,17H/b15-8+. The summed E-state index contributed by atoms with van der Waals surface area (Å²) in [5, 5.41) is 20.5. The average Bonchev–Trinajstić information content (AvgIpc) is 2.39. The van der Waals surface area contributed by atoms with Gasteiger partial charge in [0.2, 0.25) is 0 Å². The van der Waals surface area contributed by atoms with E-state index in [-0.39, 0.29) is 17.1 Å². The molecule has 5 nitrogen and oxygen atoms in total. The first-order chi connectivity index (χ1) is 9.08. The molecular formula is C13H9ClN2O3. The molecule has 6 heteroatoms. The van der Waals surface area contributed by atoms with Crippen LogP contribution in [0.1, 0.15) is 5.56 Å². The number of hydrogen-bond acceptors (Lipinski definition) is 4. The van der Waals surface area contributed by atoms with Gasteiger partial charge in [-0.25, -0.2) is 0 Å². The first-order valence-corrected chi connectivity index (χ1v) is 5.72. The van der Waals surface area contributed by atoms with Crippen LogP contribution in [-0.4, -0.2) is 16.2 Å². The Labute approximate surface area is 113 Å². The van der Waals surface area contributed by atoms with Crippen LogP contribution in [0.5, 0.6) is 5.75 Å². The van der Waals surface area contributed by atoms with Gasteiger partial charge in [-0.05, 0) is 18.2 Å². The number of hydrogen-bond donors (Lipinski definition) is 1. The molecule has 2 rings (SSSR count). The first-order valence-electron chi connectivity index (χ1n) is 5.34. The lowest BCUT2D eigenvalue weighted by atomic mass is 10.2. The van der Waals surface area contributed by atoms with E-state index in [1.54, 1.807) is 18.2 Å². The van der Waals surface area contributed by atoms with E-state index >= 15 is 0 Å². The number of para-hydroxylation sites is 1. The van der Waals surface area contributed by atoms with E-state index in [4.69, 9.17) is 11.6 Å². The van der Waals surface area contributed by atoms with E-state index in [0.29, 0.717) is 10.6 Å². The third-order valence-electron chi connectivity index (χ3n) is 2.42. The SMILES string of the molecule is O=[N+]([O-])c1ccc(Cl)c(/N=C/c2ccccc2O)c1. The molecule has 0 aliphatic rings. The zero-order chi connectivity index (χ0) is 13.8. The van der Waals surface area contributed by atoms with E-state index in [1.807, 2.05) is 0 Å². The molecule has 0 unspecified atom stereocenters. The summed E-state index contributed by atoms with van der Waals surface area (Å²) in [4.78, 5) is 14.2. The summed E-state index contributed by atoms with van der Waals surface area (Å²) in [6.07, 6.45) is 1.40. The number of nitrogens with zero attached hydrogens (tertiary/aromatic N) is 2. The van der Waals surface area contributed by atoms with Crippen molar-refractivity contribution in [1.82, 2.24) is 0 Å². The van der Waals surface area contributed by atoms with Gasteiger partial charge in [0.05, 0.1) is 15.6 Å². The Bertz CT molecular complexity index is 656. The Morgan fingerprint density at radius 1 is 1.26 bits per heavy atom. The molecule has 2 aromatic carbocycles. The number of aliphatic imine (C=N–C) groups is 1. The highest BCUT2D eigenvalue weighted by atomic mass is 35.5.